The summed E-state index contributed by atoms with van der Waals surface area (Å²) in [5.41, 5.74) is 3.74. The Labute approximate surface area is 141 Å². The van der Waals surface area contributed by atoms with E-state index in [0.29, 0.717) is 6.04 Å². The summed E-state index contributed by atoms with van der Waals surface area (Å²) < 4.78 is 1.01. The molecule has 3 rings (SSSR count). The van der Waals surface area contributed by atoms with Gasteiger partial charge in [0.25, 0.3) is 0 Å². The molecule has 2 heterocycles. The van der Waals surface area contributed by atoms with Crippen LogP contribution in [0.1, 0.15) is 12.0 Å². The van der Waals surface area contributed by atoms with Crippen molar-refractivity contribution in [1.29, 1.82) is 0 Å². The third-order valence-electron chi connectivity index (χ3n) is 4.38. The van der Waals surface area contributed by atoms with Gasteiger partial charge in [-0.3, -0.25) is 9.88 Å². The fourth-order valence-electron chi connectivity index (χ4n) is 3.01. The van der Waals surface area contributed by atoms with Crippen molar-refractivity contribution in [2.24, 2.45) is 0 Å². The van der Waals surface area contributed by atoms with Gasteiger partial charge in [-0.25, -0.2) is 0 Å². The van der Waals surface area contributed by atoms with Gasteiger partial charge < -0.3 is 4.90 Å². The van der Waals surface area contributed by atoms with E-state index in [1.54, 1.807) is 0 Å². The average molecular weight is 360 g/mol. The van der Waals surface area contributed by atoms with E-state index in [2.05, 4.69) is 75.1 Å². The first-order valence-corrected chi connectivity index (χ1v) is 8.50. The maximum atomic E-state index is 4.23. The second kappa shape index (κ2) is 6.90. The van der Waals surface area contributed by atoms with E-state index in [-0.39, 0.29) is 0 Å². The first kappa shape index (κ1) is 15.7. The molecule has 0 saturated carbocycles. The molecule has 0 spiro atoms. The van der Waals surface area contributed by atoms with Gasteiger partial charge in [-0.1, -0.05) is 24.3 Å². The van der Waals surface area contributed by atoms with Crippen LogP contribution in [0.3, 0.4) is 0 Å². The highest BCUT2D eigenvalue weighted by atomic mass is 79.9. The van der Waals surface area contributed by atoms with Crippen LogP contribution in [0.15, 0.2) is 47.2 Å². The van der Waals surface area contributed by atoms with E-state index in [9.17, 15) is 0 Å². The minimum absolute atomic E-state index is 0.701. The minimum Gasteiger partial charge on any atom is -0.305 e. The Balaban J connectivity index is 1.65. The van der Waals surface area contributed by atoms with Crippen LogP contribution in [-0.2, 0) is 6.54 Å². The monoisotopic (exact) mass is 359 g/mol. The predicted molar refractivity (Wildman–Crippen MR) is 94.7 cm³/mol. The molecule has 1 aliphatic heterocycles. The number of pyridine rings is 1. The van der Waals surface area contributed by atoms with Crippen LogP contribution in [0.2, 0.25) is 0 Å². The second-order valence-electron chi connectivity index (χ2n) is 6.23. The summed E-state index contributed by atoms with van der Waals surface area (Å²) in [6.45, 7) is 3.41. The number of likely N-dealkylation sites (N-methyl/N-ethyl adjacent to an activating group) is 1. The fourth-order valence-corrected chi connectivity index (χ4v) is 3.37. The smallest absolute Gasteiger partial charge is 0.0410 e. The lowest BCUT2D eigenvalue weighted by atomic mass is 10.1. The van der Waals surface area contributed by atoms with E-state index >= 15 is 0 Å². The van der Waals surface area contributed by atoms with Gasteiger partial charge in [0.2, 0.25) is 0 Å². The molecule has 1 aliphatic rings. The molecule has 4 heteroatoms. The SMILES string of the molecule is CN(C)[C@@H]1CCN(Cc2ccc(-c3cncc(Br)c3)cc2)C1. The highest BCUT2D eigenvalue weighted by Gasteiger charge is 2.23. The Morgan fingerprint density at radius 3 is 2.59 bits per heavy atom. The fraction of sp³-hybridized carbons (Fsp3) is 0.389. The van der Waals surface area contributed by atoms with E-state index in [0.717, 1.165) is 16.6 Å². The molecule has 0 amide bonds. The molecule has 0 aliphatic carbocycles. The zero-order valence-corrected chi connectivity index (χ0v) is 14.8. The molecule has 1 saturated heterocycles. The van der Waals surface area contributed by atoms with Crippen LogP contribution in [0.4, 0.5) is 0 Å². The van der Waals surface area contributed by atoms with Gasteiger partial charge in [0.1, 0.15) is 0 Å². The molecule has 116 valence electrons. The van der Waals surface area contributed by atoms with Gasteiger partial charge in [0.05, 0.1) is 0 Å². The van der Waals surface area contributed by atoms with Crippen molar-refractivity contribution < 1.29 is 0 Å². The molecule has 1 atom stereocenters. The summed E-state index contributed by atoms with van der Waals surface area (Å²) in [6.07, 6.45) is 4.99. The summed E-state index contributed by atoms with van der Waals surface area (Å²) in [5.74, 6) is 0. The van der Waals surface area contributed by atoms with Crippen LogP contribution in [0.5, 0.6) is 0 Å². The topological polar surface area (TPSA) is 19.4 Å². The minimum atomic E-state index is 0.701. The van der Waals surface area contributed by atoms with Crippen molar-refractivity contribution >= 4 is 15.9 Å². The Morgan fingerprint density at radius 1 is 1.18 bits per heavy atom. The molecule has 2 aromatic rings. The van der Waals surface area contributed by atoms with Crippen molar-refractivity contribution in [2.45, 2.75) is 19.0 Å². The van der Waals surface area contributed by atoms with E-state index in [1.165, 1.54) is 30.6 Å². The lowest BCUT2D eigenvalue weighted by Gasteiger charge is -2.20. The highest BCUT2D eigenvalue weighted by Crippen LogP contribution is 2.23. The first-order valence-electron chi connectivity index (χ1n) is 7.70. The average Bonchev–Trinajstić information content (AvgIpc) is 2.97. The van der Waals surface area contributed by atoms with Crippen LogP contribution in [0, 0.1) is 0 Å². The van der Waals surface area contributed by atoms with Crippen LogP contribution in [0.25, 0.3) is 11.1 Å². The molecule has 22 heavy (non-hydrogen) atoms. The van der Waals surface area contributed by atoms with E-state index < -0.39 is 0 Å². The number of rotatable bonds is 4. The Morgan fingerprint density at radius 2 is 1.95 bits per heavy atom. The lowest BCUT2D eigenvalue weighted by Crippen LogP contribution is -2.31. The maximum absolute atomic E-state index is 4.23. The van der Waals surface area contributed by atoms with Crippen molar-refractivity contribution in [3.8, 4) is 11.1 Å². The van der Waals surface area contributed by atoms with Gasteiger partial charge in [-0.15, -0.1) is 0 Å². The Bertz CT molecular complexity index is 624. The number of halogens is 1. The molecule has 1 aromatic heterocycles. The van der Waals surface area contributed by atoms with Crippen molar-refractivity contribution in [3.63, 3.8) is 0 Å². The molecular formula is C18H22BrN3. The van der Waals surface area contributed by atoms with Crippen molar-refractivity contribution in [2.75, 3.05) is 27.2 Å². The number of hydrogen-bond acceptors (Lipinski definition) is 3. The van der Waals surface area contributed by atoms with Gasteiger partial charge in [0, 0.05) is 48.1 Å². The van der Waals surface area contributed by atoms with Gasteiger partial charge in [-0.2, -0.15) is 0 Å². The lowest BCUT2D eigenvalue weighted by molar-refractivity contribution is 0.264. The summed E-state index contributed by atoms with van der Waals surface area (Å²) in [5, 5.41) is 0. The molecular weight excluding hydrogens is 338 g/mol. The maximum Gasteiger partial charge on any atom is 0.0410 e. The van der Waals surface area contributed by atoms with Gasteiger partial charge in [-0.05, 0) is 53.6 Å². The normalized spacial score (nSPS) is 19.0. The summed E-state index contributed by atoms with van der Waals surface area (Å²) in [7, 11) is 4.35. The highest BCUT2D eigenvalue weighted by molar-refractivity contribution is 9.10. The Kier molecular flexibility index (Phi) is 4.91. The zero-order chi connectivity index (χ0) is 15.5. The van der Waals surface area contributed by atoms with Gasteiger partial charge >= 0.3 is 0 Å². The third kappa shape index (κ3) is 3.75. The third-order valence-corrected chi connectivity index (χ3v) is 4.81. The number of benzene rings is 1. The quantitative estimate of drug-likeness (QED) is 0.830. The largest absolute Gasteiger partial charge is 0.305 e. The zero-order valence-electron chi connectivity index (χ0n) is 13.2. The molecule has 1 fully saturated rings. The second-order valence-corrected chi connectivity index (χ2v) is 7.15. The van der Waals surface area contributed by atoms with Crippen molar-refractivity contribution in [1.82, 2.24) is 14.8 Å². The van der Waals surface area contributed by atoms with Crippen LogP contribution in [-0.4, -0.2) is 48.0 Å². The summed E-state index contributed by atoms with van der Waals surface area (Å²) >= 11 is 3.48. The van der Waals surface area contributed by atoms with E-state index in [4.69, 9.17) is 0 Å². The predicted octanol–water partition coefficient (Wildman–Crippen LogP) is 3.65. The van der Waals surface area contributed by atoms with E-state index in [1.807, 2.05) is 12.4 Å². The molecule has 0 unspecified atom stereocenters. The van der Waals surface area contributed by atoms with Crippen molar-refractivity contribution in [3.05, 3.63) is 52.8 Å². The molecule has 0 radical (unpaired) electrons. The summed E-state index contributed by atoms with van der Waals surface area (Å²) in [4.78, 5) is 9.11. The van der Waals surface area contributed by atoms with Crippen LogP contribution < -0.4 is 0 Å². The van der Waals surface area contributed by atoms with Crippen LogP contribution >= 0.6 is 15.9 Å². The molecule has 3 nitrogen and oxygen atoms in total. The number of likely N-dealkylation sites (tertiary alicyclic amines) is 1. The summed E-state index contributed by atoms with van der Waals surface area (Å²) in [6, 6.07) is 11.7. The van der Waals surface area contributed by atoms with Gasteiger partial charge in [0.15, 0.2) is 0 Å². The molecule has 0 N–H and O–H groups in total. The number of hydrogen-bond donors (Lipinski definition) is 0. The standard InChI is InChI=1S/C18H22BrN3/c1-21(2)18-7-8-22(13-18)12-14-3-5-15(6-4-14)16-9-17(19)11-20-10-16/h3-6,9-11,18H,7-8,12-13H2,1-2H3/t18-/m1/s1. The number of nitrogens with zero attached hydrogens (tertiary/aromatic N) is 3. The number of aromatic nitrogens is 1. The molecule has 1 aromatic carbocycles. The Hall–Kier alpha value is -1.23. The first-order chi connectivity index (χ1) is 10.6. The molecule has 0 bridgehead atoms.